The van der Waals surface area contributed by atoms with Crippen LogP contribution in [0.5, 0.6) is 34.5 Å². The van der Waals surface area contributed by atoms with Crippen molar-refractivity contribution in [2.45, 2.75) is 5.92 Å². The Morgan fingerprint density at radius 3 is 2.26 bits per heavy atom. The summed E-state index contributed by atoms with van der Waals surface area (Å²) in [5.74, 6) is 0.371. The molecule has 0 amide bonds. The molecule has 4 rings (SSSR count). The number of cyclic esters (lactones) is 1. The van der Waals surface area contributed by atoms with Crippen molar-refractivity contribution < 1.29 is 38.3 Å². The van der Waals surface area contributed by atoms with Crippen molar-refractivity contribution in [3.63, 3.8) is 0 Å². The van der Waals surface area contributed by atoms with Gasteiger partial charge in [-0.1, -0.05) is 6.08 Å². The molecule has 1 saturated heterocycles. The maximum atomic E-state index is 12.8. The average Bonchev–Trinajstić information content (AvgIpc) is 3.39. The second-order valence-electron chi connectivity index (χ2n) is 7.26. The fraction of sp³-hybridized carbons (Fsp3) is 0.348. The number of carbonyl (C=O) groups is 1. The van der Waals surface area contributed by atoms with Crippen LogP contribution in [0.4, 0.5) is 0 Å². The van der Waals surface area contributed by atoms with Crippen LogP contribution in [-0.2, 0) is 9.53 Å². The van der Waals surface area contributed by atoms with Gasteiger partial charge in [0.05, 0.1) is 33.9 Å². The summed E-state index contributed by atoms with van der Waals surface area (Å²) in [6.07, 6.45) is 1.70. The summed E-state index contributed by atoms with van der Waals surface area (Å²) in [6.45, 7) is 4.15. The number of aromatic hydroxyl groups is 1. The summed E-state index contributed by atoms with van der Waals surface area (Å²) in [6, 6.07) is 6.71. The van der Waals surface area contributed by atoms with Crippen LogP contribution < -0.4 is 23.7 Å². The molecule has 1 fully saturated rings. The van der Waals surface area contributed by atoms with Gasteiger partial charge in [0.1, 0.15) is 5.75 Å². The van der Waals surface area contributed by atoms with Crippen molar-refractivity contribution in [2.75, 3.05) is 34.7 Å². The summed E-state index contributed by atoms with van der Waals surface area (Å²) in [5.41, 5.74) is 1.17. The molecule has 0 radical (unpaired) electrons. The molecule has 31 heavy (non-hydrogen) atoms. The number of methoxy groups -OCH3 is 3. The van der Waals surface area contributed by atoms with Gasteiger partial charge in [0.15, 0.2) is 23.0 Å². The minimum Gasteiger partial charge on any atom is -0.508 e. The second kappa shape index (κ2) is 8.29. The van der Waals surface area contributed by atoms with Crippen LogP contribution in [0.1, 0.15) is 17.0 Å². The van der Waals surface area contributed by atoms with Crippen LogP contribution in [-0.4, -0.2) is 45.8 Å². The maximum Gasteiger partial charge on any atom is 0.310 e. The van der Waals surface area contributed by atoms with E-state index >= 15 is 0 Å². The summed E-state index contributed by atoms with van der Waals surface area (Å²) in [5, 5.41) is 10.9. The molecule has 1 N–H and O–H groups in total. The van der Waals surface area contributed by atoms with Gasteiger partial charge >= 0.3 is 5.97 Å². The minimum atomic E-state index is -0.619. The van der Waals surface area contributed by atoms with Gasteiger partial charge in [-0.15, -0.1) is 6.58 Å². The van der Waals surface area contributed by atoms with Crippen LogP contribution in [0.3, 0.4) is 0 Å². The molecule has 2 aromatic rings. The molecule has 0 aromatic heterocycles. The van der Waals surface area contributed by atoms with Crippen LogP contribution in [0.25, 0.3) is 0 Å². The van der Waals surface area contributed by atoms with E-state index in [2.05, 4.69) is 6.58 Å². The summed E-state index contributed by atoms with van der Waals surface area (Å²) in [4.78, 5) is 12.8. The Balaban J connectivity index is 1.94. The normalized spacial score (nSPS) is 20.2. The van der Waals surface area contributed by atoms with E-state index < -0.39 is 11.8 Å². The van der Waals surface area contributed by atoms with Crippen LogP contribution in [0.2, 0.25) is 0 Å². The van der Waals surface area contributed by atoms with Crippen molar-refractivity contribution in [2.24, 2.45) is 11.8 Å². The number of benzene rings is 2. The molecule has 2 aromatic carbocycles. The lowest BCUT2D eigenvalue weighted by atomic mass is 9.75. The standard InChI is InChI=1S/C23H24O8/c1-5-12-10-29-23(25)21(12)20(14-8-16-17(9-15(14)24)31-11-30-16)13-6-18(26-2)22(28-4)19(7-13)27-3/h5-9,12,20-21,24H,1,10-11H2,2-4H3/t12-,20-,21?/m0/s1. The monoisotopic (exact) mass is 428 g/mol. The van der Waals surface area contributed by atoms with Crippen molar-refractivity contribution >= 4 is 5.97 Å². The van der Waals surface area contributed by atoms with E-state index in [0.29, 0.717) is 39.9 Å². The molecule has 2 aliphatic heterocycles. The number of ether oxygens (including phenoxy) is 6. The predicted octanol–water partition coefficient (Wildman–Crippen LogP) is 3.25. The van der Waals surface area contributed by atoms with E-state index in [1.165, 1.54) is 27.4 Å². The van der Waals surface area contributed by atoms with Gasteiger partial charge in [-0.05, 0) is 23.8 Å². The van der Waals surface area contributed by atoms with Crippen molar-refractivity contribution in [1.82, 2.24) is 0 Å². The highest BCUT2D eigenvalue weighted by molar-refractivity contribution is 5.78. The average molecular weight is 428 g/mol. The van der Waals surface area contributed by atoms with E-state index in [0.717, 1.165) is 0 Å². The fourth-order valence-corrected chi connectivity index (χ4v) is 4.21. The molecule has 0 aliphatic carbocycles. The Kier molecular flexibility index (Phi) is 5.54. The number of rotatable bonds is 7. The van der Waals surface area contributed by atoms with Gasteiger partial charge in [-0.2, -0.15) is 0 Å². The molecular weight excluding hydrogens is 404 g/mol. The van der Waals surface area contributed by atoms with Gasteiger partial charge in [-0.25, -0.2) is 0 Å². The Morgan fingerprint density at radius 2 is 1.68 bits per heavy atom. The molecule has 8 nitrogen and oxygen atoms in total. The lowest BCUT2D eigenvalue weighted by Crippen LogP contribution is -2.24. The number of hydrogen-bond donors (Lipinski definition) is 1. The third-order valence-corrected chi connectivity index (χ3v) is 5.72. The van der Waals surface area contributed by atoms with Gasteiger partial charge in [0.2, 0.25) is 12.5 Å². The van der Waals surface area contributed by atoms with Gasteiger partial charge in [-0.3, -0.25) is 4.79 Å². The molecule has 164 valence electrons. The first-order chi connectivity index (χ1) is 15.0. The molecule has 0 spiro atoms. The third-order valence-electron chi connectivity index (χ3n) is 5.72. The van der Waals surface area contributed by atoms with Crippen molar-refractivity contribution in [1.29, 1.82) is 0 Å². The van der Waals surface area contributed by atoms with Gasteiger partial charge in [0.25, 0.3) is 0 Å². The fourth-order valence-electron chi connectivity index (χ4n) is 4.21. The van der Waals surface area contributed by atoms with Gasteiger partial charge < -0.3 is 33.5 Å². The second-order valence-corrected chi connectivity index (χ2v) is 7.26. The van der Waals surface area contributed by atoms with Crippen LogP contribution in [0, 0.1) is 11.8 Å². The zero-order valence-corrected chi connectivity index (χ0v) is 17.5. The van der Waals surface area contributed by atoms with E-state index in [4.69, 9.17) is 28.4 Å². The predicted molar refractivity (Wildman–Crippen MR) is 110 cm³/mol. The molecule has 8 heteroatoms. The molecule has 2 aliphatic rings. The summed E-state index contributed by atoms with van der Waals surface area (Å²) < 4.78 is 32.7. The minimum absolute atomic E-state index is 0.0227. The lowest BCUT2D eigenvalue weighted by Gasteiger charge is -2.27. The number of phenolic OH excluding ortho intramolecular Hbond substituents is 1. The number of esters is 1. The van der Waals surface area contributed by atoms with Crippen LogP contribution in [0.15, 0.2) is 36.9 Å². The van der Waals surface area contributed by atoms with E-state index in [-0.39, 0.29) is 31.0 Å². The van der Waals surface area contributed by atoms with E-state index in [9.17, 15) is 9.90 Å². The number of fused-ring (bicyclic) bond motifs is 1. The zero-order valence-electron chi connectivity index (χ0n) is 17.5. The highest BCUT2D eigenvalue weighted by Gasteiger charge is 2.44. The largest absolute Gasteiger partial charge is 0.508 e. The van der Waals surface area contributed by atoms with Gasteiger partial charge in [0, 0.05) is 23.5 Å². The Bertz CT molecular complexity index is 990. The molecule has 0 bridgehead atoms. The zero-order chi connectivity index (χ0) is 22.1. The first kappa shape index (κ1) is 20.7. The molecular formula is C23H24O8. The van der Waals surface area contributed by atoms with Crippen molar-refractivity contribution in [3.05, 3.63) is 48.0 Å². The lowest BCUT2D eigenvalue weighted by molar-refractivity contribution is -0.141. The molecule has 3 atom stereocenters. The number of phenols is 1. The summed E-state index contributed by atoms with van der Waals surface area (Å²) >= 11 is 0. The van der Waals surface area contributed by atoms with Crippen LogP contribution >= 0.6 is 0 Å². The number of carbonyl (C=O) groups excluding carboxylic acids is 1. The highest BCUT2D eigenvalue weighted by Crippen LogP contribution is 2.50. The quantitative estimate of drug-likeness (QED) is 0.531. The van der Waals surface area contributed by atoms with Crippen molar-refractivity contribution in [3.8, 4) is 34.5 Å². The van der Waals surface area contributed by atoms with E-state index in [1.807, 2.05) is 0 Å². The van der Waals surface area contributed by atoms with E-state index in [1.54, 1.807) is 24.3 Å². The smallest absolute Gasteiger partial charge is 0.310 e. The molecule has 2 heterocycles. The SMILES string of the molecule is C=C[C@H]1COC(=O)C1[C@@H](c1cc(OC)c(OC)c(OC)c1)c1cc2c(cc1O)OCO2. The molecule has 1 unspecified atom stereocenters. The third kappa shape index (κ3) is 3.48. The molecule has 0 saturated carbocycles. The maximum absolute atomic E-state index is 12.8. The Labute approximate surface area is 179 Å². The number of hydrogen-bond acceptors (Lipinski definition) is 8. The first-order valence-electron chi connectivity index (χ1n) is 9.74. The highest BCUT2D eigenvalue weighted by atomic mass is 16.7. The summed E-state index contributed by atoms with van der Waals surface area (Å²) in [7, 11) is 4.55. The topological polar surface area (TPSA) is 92.7 Å². The Hall–Kier alpha value is -3.55. The first-order valence-corrected chi connectivity index (χ1v) is 9.74. The Morgan fingerprint density at radius 1 is 1.03 bits per heavy atom.